The Hall–Kier alpha value is -0.920. The predicted molar refractivity (Wildman–Crippen MR) is 70.3 cm³/mol. The quantitative estimate of drug-likeness (QED) is 0.806. The van der Waals surface area contributed by atoms with E-state index < -0.39 is 10.0 Å². The first kappa shape index (κ1) is 14.1. The molecular formula is C10H13BrN2O3S. The van der Waals surface area contributed by atoms with Gasteiger partial charge in [0, 0.05) is 19.2 Å². The third-order valence-electron chi connectivity index (χ3n) is 1.91. The standard InChI is InChI=1S/C10H13BrN2O3S/c1-8(14)13-10-4-2-9(3-5-10)6-12-17(15,16)7-11/h2-5,12H,6-7H2,1H3,(H,13,14). The summed E-state index contributed by atoms with van der Waals surface area (Å²) in [5.41, 5.74) is 1.51. The van der Waals surface area contributed by atoms with E-state index in [1.165, 1.54) is 6.92 Å². The van der Waals surface area contributed by atoms with Crippen LogP contribution in [0.3, 0.4) is 0 Å². The van der Waals surface area contributed by atoms with Crippen molar-refractivity contribution in [3.63, 3.8) is 0 Å². The average Bonchev–Trinajstić information content (AvgIpc) is 2.28. The third kappa shape index (κ3) is 5.29. The van der Waals surface area contributed by atoms with Crippen LogP contribution in [0.25, 0.3) is 0 Å². The first-order valence-corrected chi connectivity index (χ1v) is 7.60. The van der Waals surface area contributed by atoms with Crippen LogP contribution in [-0.4, -0.2) is 19.0 Å². The summed E-state index contributed by atoms with van der Waals surface area (Å²) in [6, 6.07) is 6.95. The van der Waals surface area contributed by atoms with E-state index in [0.29, 0.717) is 5.69 Å². The smallest absolute Gasteiger partial charge is 0.221 e. The number of alkyl halides is 1. The third-order valence-corrected chi connectivity index (χ3v) is 4.59. The zero-order chi connectivity index (χ0) is 12.9. The second kappa shape index (κ2) is 6.13. The molecule has 0 aliphatic heterocycles. The molecule has 0 spiro atoms. The van der Waals surface area contributed by atoms with Crippen LogP contribution in [0.2, 0.25) is 0 Å². The van der Waals surface area contributed by atoms with Crippen molar-refractivity contribution in [3.8, 4) is 0 Å². The van der Waals surface area contributed by atoms with Gasteiger partial charge in [-0.05, 0) is 17.7 Å². The molecule has 17 heavy (non-hydrogen) atoms. The van der Waals surface area contributed by atoms with Crippen LogP contribution in [0.4, 0.5) is 5.69 Å². The molecule has 0 saturated carbocycles. The average molecular weight is 321 g/mol. The Morgan fingerprint density at radius 1 is 1.29 bits per heavy atom. The number of halogens is 1. The van der Waals surface area contributed by atoms with Crippen molar-refractivity contribution < 1.29 is 13.2 Å². The zero-order valence-electron chi connectivity index (χ0n) is 9.23. The van der Waals surface area contributed by atoms with Gasteiger partial charge in [0.05, 0.1) is 0 Å². The summed E-state index contributed by atoms with van der Waals surface area (Å²) in [6.07, 6.45) is 0. The minimum atomic E-state index is -3.25. The van der Waals surface area contributed by atoms with E-state index in [9.17, 15) is 13.2 Å². The monoisotopic (exact) mass is 320 g/mol. The van der Waals surface area contributed by atoms with Crippen LogP contribution in [0.15, 0.2) is 24.3 Å². The van der Waals surface area contributed by atoms with Crippen molar-refractivity contribution in [3.05, 3.63) is 29.8 Å². The van der Waals surface area contributed by atoms with Crippen molar-refractivity contribution in [2.24, 2.45) is 0 Å². The van der Waals surface area contributed by atoms with E-state index in [1.807, 2.05) is 0 Å². The molecule has 0 heterocycles. The fourth-order valence-corrected chi connectivity index (χ4v) is 2.09. The number of sulfonamides is 1. The van der Waals surface area contributed by atoms with Crippen LogP contribution in [0.5, 0.6) is 0 Å². The zero-order valence-corrected chi connectivity index (χ0v) is 11.6. The minimum Gasteiger partial charge on any atom is -0.326 e. The van der Waals surface area contributed by atoms with Gasteiger partial charge in [-0.1, -0.05) is 28.1 Å². The molecule has 0 bridgehead atoms. The lowest BCUT2D eigenvalue weighted by Gasteiger charge is -2.06. The van der Waals surface area contributed by atoms with E-state index in [0.717, 1.165) is 5.56 Å². The van der Waals surface area contributed by atoms with Crippen molar-refractivity contribution in [2.75, 3.05) is 9.98 Å². The van der Waals surface area contributed by atoms with Crippen LogP contribution < -0.4 is 10.0 Å². The summed E-state index contributed by atoms with van der Waals surface area (Å²) in [5, 5.41) is 2.63. The van der Waals surface area contributed by atoms with Gasteiger partial charge in [0.25, 0.3) is 0 Å². The predicted octanol–water partition coefficient (Wildman–Crippen LogP) is 1.42. The number of anilines is 1. The molecule has 94 valence electrons. The summed E-state index contributed by atoms with van der Waals surface area (Å²) < 4.78 is 24.6. The first-order valence-electron chi connectivity index (χ1n) is 4.83. The molecule has 0 aromatic heterocycles. The molecular weight excluding hydrogens is 308 g/mol. The van der Waals surface area contributed by atoms with Gasteiger partial charge in [0.1, 0.15) is 4.66 Å². The van der Waals surface area contributed by atoms with Gasteiger partial charge >= 0.3 is 0 Å². The van der Waals surface area contributed by atoms with Gasteiger partial charge in [-0.2, -0.15) is 0 Å². The molecule has 0 saturated heterocycles. The molecule has 2 N–H and O–H groups in total. The van der Waals surface area contributed by atoms with Crippen LogP contribution in [0, 0.1) is 0 Å². The summed E-state index contributed by atoms with van der Waals surface area (Å²) >= 11 is 2.89. The Morgan fingerprint density at radius 2 is 1.88 bits per heavy atom. The van der Waals surface area contributed by atoms with E-state index in [1.54, 1.807) is 24.3 Å². The van der Waals surface area contributed by atoms with Gasteiger partial charge in [0.2, 0.25) is 15.9 Å². The summed E-state index contributed by atoms with van der Waals surface area (Å²) in [4.78, 5) is 10.8. The van der Waals surface area contributed by atoms with E-state index in [-0.39, 0.29) is 17.1 Å². The molecule has 1 rings (SSSR count). The van der Waals surface area contributed by atoms with Gasteiger partial charge < -0.3 is 5.32 Å². The maximum absolute atomic E-state index is 11.2. The van der Waals surface area contributed by atoms with Crippen molar-refractivity contribution in [1.29, 1.82) is 0 Å². The van der Waals surface area contributed by atoms with Crippen molar-refractivity contribution in [1.82, 2.24) is 4.72 Å². The van der Waals surface area contributed by atoms with Crippen molar-refractivity contribution in [2.45, 2.75) is 13.5 Å². The molecule has 0 aliphatic carbocycles. The number of benzene rings is 1. The highest BCUT2D eigenvalue weighted by atomic mass is 79.9. The van der Waals surface area contributed by atoms with Gasteiger partial charge in [0.15, 0.2) is 0 Å². The molecule has 0 radical (unpaired) electrons. The fraction of sp³-hybridized carbons (Fsp3) is 0.300. The second-order valence-corrected chi connectivity index (χ2v) is 6.53. The molecule has 1 amide bonds. The normalized spacial score (nSPS) is 11.2. The number of hydrogen-bond donors (Lipinski definition) is 2. The number of amides is 1. The number of carbonyl (C=O) groups is 1. The lowest BCUT2D eigenvalue weighted by Crippen LogP contribution is -2.23. The Kier molecular flexibility index (Phi) is 5.10. The van der Waals surface area contributed by atoms with Gasteiger partial charge in [-0.15, -0.1) is 0 Å². The fourth-order valence-electron chi connectivity index (χ4n) is 1.14. The number of carbonyl (C=O) groups excluding carboxylic acids is 1. The molecule has 0 unspecified atom stereocenters. The van der Waals surface area contributed by atoms with Crippen LogP contribution >= 0.6 is 15.9 Å². The lowest BCUT2D eigenvalue weighted by molar-refractivity contribution is -0.114. The molecule has 0 fully saturated rings. The maximum Gasteiger partial charge on any atom is 0.221 e. The molecule has 0 aliphatic rings. The topological polar surface area (TPSA) is 75.3 Å². The van der Waals surface area contributed by atoms with E-state index in [4.69, 9.17) is 0 Å². The largest absolute Gasteiger partial charge is 0.326 e. The molecule has 1 aromatic rings. The molecule has 0 atom stereocenters. The highest BCUT2D eigenvalue weighted by Crippen LogP contribution is 2.09. The second-order valence-electron chi connectivity index (χ2n) is 3.42. The van der Waals surface area contributed by atoms with Gasteiger partial charge in [-0.3, -0.25) is 4.79 Å². The Labute approximate surface area is 109 Å². The SMILES string of the molecule is CC(=O)Nc1ccc(CNS(=O)(=O)CBr)cc1. The number of rotatable bonds is 5. The minimum absolute atomic E-state index is 0.121. The highest BCUT2D eigenvalue weighted by Gasteiger charge is 2.06. The Balaban J connectivity index is 2.60. The van der Waals surface area contributed by atoms with Crippen LogP contribution in [0.1, 0.15) is 12.5 Å². The molecule has 5 nitrogen and oxygen atoms in total. The Morgan fingerprint density at radius 3 is 2.35 bits per heavy atom. The van der Waals surface area contributed by atoms with Crippen molar-refractivity contribution >= 4 is 37.5 Å². The number of hydrogen-bond acceptors (Lipinski definition) is 3. The van der Waals surface area contributed by atoms with E-state index in [2.05, 4.69) is 26.0 Å². The summed E-state index contributed by atoms with van der Waals surface area (Å²) in [5.74, 6) is -0.141. The Bertz CT molecular complexity index is 485. The summed E-state index contributed by atoms with van der Waals surface area (Å²) in [6.45, 7) is 1.66. The number of nitrogens with one attached hydrogen (secondary N) is 2. The highest BCUT2D eigenvalue weighted by molar-refractivity contribution is 9.10. The van der Waals surface area contributed by atoms with E-state index >= 15 is 0 Å². The van der Waals surface area contributed by atoms with Gasteiger partial charge in [-0.25, -0.2) is 13.1 Å². The molecule has 7 heteroatoms. The summed E-state index contributed by atoms with van der Waals surface area (Å²) in [7, 11) is -3.25. The first-order chi connectivity index (χ1) is 7.93. The van der Waals surface area contributed by atoms with Crippen LogP contribution in [-0.2, 0) is 21.4 Å². The molecule has 1 aromatic carbocycles. The lowest BCUT2D eigenvalue weighted by atomic mass is 10.2. The maximum atomic E-state index is 11.2.